The third-order valence-electron chi connectivity index (χ3n) is 5.32. The Morgan fingerprint density at radius 2 is 1.00 bits per heavy atom. The van der Waals surface area contributed by atoms with Gasteiger partial charge in [0.25, 0.3) is 0 Å². The Morgan fingerprint density at radius 3 is 1.38 bits per heavy atom. The Kier molecular flexibility index (Phi) is 4.82. The Hall–Kier alpha value is -2.31. The lowest BCUT2D eigenvalue weighted by Gasteiger charge is -2.22. The molecule has 3 aromatic rings. The van der Waals surface area contributed by atoms with Gasteiger partial charge >= 0.3 is 0 Å². The predicted octanol–water partition coefficient (Wildman–Crippen LogP) is 5.47. The molecule has 0 aliphatic rings. The number of phenolic OH excluding ortho intramolecular Hbond substituents is 2. The lowest BCUT2D eigenvalue weighted by atomic mass is 9.85. The van der Waals surface area contributed by atoms with Gasteiger partial charge in [0.2, 0.25) is 0 Å². The van der Waals surface area contributed by atoms with Gasteiger partial charge < -0.3 is 10.2 Å². The van der Waals surface area contributed by atoms with Gasteiger partial charge in [-0.05, 0) is 78.9 Å². The van der Waals surface area contributed by atoms with Crippen LogP contribution < -0.4 is 5.30 Å². The van der Waals surface area contributed by atoms with Crippen LogP contribution in [0.15, 0.2) is 36.4 Å². The molecule has 0 aliphatic carbocycles. The number of hydrogen-bond acceptors (Lipinski definition) is 2. The first-order valence-corrected chi connectivity index (χ1v) is 9.30. The predicted molar refractivity (Wildman–Crippen MR) is 114 cm³/mol. The largest absolute Gasteiger partial charge is 0.507 e. The first kappa shape index (κ1) is 18.5. The second-order valence-corrected chi connectivity index (χ2v) is 7.56. The average Bonchev–Trinajstić information content (AvgIpc) is 2.60. The third-order valence-corrected chi connectivity index (χ3v) is 6.19. The Labute approximate surface area is 157 Å². The summed E-state index contributed by atoms with van der Waals surface area (Å²) >= 11 is 0. The van der Waals surface area contributed by atoms with E-state index in [0.717, 1.165) is 55.4 Å². The van der Waals surface area contributed by atoms with Crippen LogP contribution in [0.3, 0.4) is 0 Å². The van der Waals surface area contributed by atoms with Gasteiger partial charge in [0.1, 0.15) is 11.5 Å². The molecule has 3 aromatic carbocycles. The highest BCUT2D eigenvalue weighted by Crippen LogP contribution is 2.43. The van der Waals surface area contributed by atoms with E-state index in [0.29, 0.717) is 11.5 Å². The van der Waals surface area contributed by atoms with Crippen LogP contribution in [0.5, 0.6) is 11.5 Å². The maximum Gasteiger partial charge on any atom is 0.126 e. The molecule has 134 valence electrons. The van der Waals surface area contributed by atoms with E-state index in [-0.39, 0.29) is 0 Å². The Bertz CT molecular complexity index is 941. The Morgan fingerprint density at radius 1 is 0.615 bits per heavy atom. The van der Waals surface area contributed by atoms with Gasteiger partial charge in [0.05, 0.1) is 0 Å². The van der Waals surface area contributed by atoms with Gasteiger partial charge in [-0.1, -0.05) is 36.4 Å². The number of phenols is 2. The first-order chi connectivity index (χ1) is 12.3. The molecule has 0 aliphatic heterocycles. The van der Waals surface area contributed by atoms with E-state index in [1.165, 1.54) is 0 Å². The SMILES string of the molecule is Cc1cccc(-c2c(C)c(P)c(C)c(-c3cccc(C)c3O)c2C)c1O. The lowest BCUT2D eigenvalue weighted by Crippen LogP contribution is -2.10. The van der Waals surface area contributed by atoms with Crippen molar-refractivity contribution in [2.45, 2.75) is 34.6 Å². The molecule has 0 saturated carbocycles. The van der Waals surface area contributed by atoms with Gasteiger partial charge in [-0.15, -0.1) is 9.24 Å². The minimum atomic E-state index is 0.311. The molecular weight excluding hydrogens is 339 g/mol. The molecule has 3 heteroatoms. The minimum Gasteiger partial charge on any atom is -0.507 e. The van der Waals surface area contributed by atoms with Crippen molar-refractivity contribution in [2.75, 3.05) is 0 Å². The van der Waals surface area contributed by atoms with Crippen LogP contribution in [0.1, 0.15) is 27.8 Å². The molecule has 1 atom stereocenters. The van der Waals surface area contributed by atoms with Crippen molar-refractivity contribution < 1.29 is 10.2 Å². The molecule has 0 bridgehead atoms. The van der Waals surface area contributed by atoms with Crippen molar-refractivity contribution >= 4 is 14.5 Å². The average molecular weight is 364 g/mol. The molecule has 2 nitrogen and oxygen atoms in total. The van der Waals surface area contributed by atoms with Gasteiger partial charge in [-0.3, -0.25) is 0 Å². The van der Waals surface area contributed by atoms with Crippen LogP contribution >= 0.6 is 9.24 Å². The highest BCUT2D eigenvalue weighted by Gasteiger charge is 2.21. The maximum atomic E-state index is 10.7. The number of para-hydroxylation sites is 2. The van der Waals surface area contributed by atoms with Crippen LogP contribution in [0.2, 0.25) is 0 Å². The molecule has 3 rings (SSSR count). The van der Waals surface area contributed by atoms with E-state index < -0.39 is 0 Å². The Balaban J connectivity index is 2.44. The number of aromatic hydroxyl groups is 2. The van der Waals surface area contributed by atoms with Gasteiger partial charge in [0.15, 0.2) is 0 Å². The normalized spacial score (nSPS) is 11.0. The fourth-order valence-electron chi connectivity index (χ4n) is 3.77. The quantitative estimate of drug-likeness (QED) is 0.592. The summed E-state index contributed by atoms with van der Waals surface area (Å²) in [7, 11) is 2.83. The highest BCUT2D eigenvalue weighted by molar-refractivity contribution is 7.27. The molecule has 1 unspecified atom stereocenters. The fourth-order valence-corrected chi connectivity index (χ4v) is 4.06. The number of aryl methyl sites for hydroxylation is 2. The van der Waals surface area contributed by atoms with E-state index in [4.69, 9.17) is 0 Å². The summed E-state index contributed by atoms with van der Waals surface area (Å²) < 4.78 is 0. The molecular formula is C23H25O2P. The third kappa shape index (κ3) is 2.79. The smallest absolute Gasteiger partial charge is 0.126 e. The summed E-state index contributed by atoms with van der Waals surface area (Å²) in [6.07, 6.45) is 0. The van der Waals surface area contributed by atoms with E-state index >= 15 is 0 Å². The van der Waals surface area contributed by atoms with E-state index in [1.807, 2.05) is 50.2 Å². The highest BCUT2D eigenvalue weighted by atomic mass is 31.0. The van der Waals surface area contributed by atoms with Crippen LogP contribution in [-0.4, -0.2) is 10.2 Å². The summed E-state index contributed by atoms with van der Waals surface area (Å²) in [4.78, 5) is 0. The molecule has 0 heterocycles. The molecule has 0 aromatic heterocycles. The topological polar surface area (TPSA) is 40.5 Å². The minimum absolute atomic E-state index is 0.311. The van der Waals surface area contributed by atoms with E-state index in [2.05, 4.69) is 30.0 Å². The molecule has 0 spiro atoms. The van der Waals surface area contributed by atoms with Crippen molar-refractivity contribution in [3.8, 4) is 33.8 Å². The second-order valence-electron chi connectivity index (χ2n) is 6.98. The van der Waals surface area contributed by atoms with Crippen molar-refractivity contribution in [1.29, 1.82) is 0 Å². The number of hydrogen-bond donors (Lipinski definition) is 2. The van der Waals surface area contributed by atoms with Gasteiger partial charge in [-0.2, -0.15) is 0 Å². The first-order valence-electron chi connectivity index (χ1n) is 8.72. The molecule has 0 saturated heterocycles. The maximum absolute atomic E-state index is 10.7. The molecule has 0 fully saturated rings. The van der Waals surface area contributed by atoms with Crippen molar-refractivity contribution in [2.24, 2.45) is 0 Å². The van der Waals surface area contributed by atoms with Crippen molar-refractivity contribution in [1.82, 2.24) is 0 Å². The summed E-state index contributed by atoms with van der Waals surface area (Å²) in [6, 6.07) is 11.7. The molecule has 0 radical (unpaired) electrons. The summed E-state index contributed by atoms with van der Waals surface area (Å²) in [5.41, 5.74) is 8.74. The molecule has 2 N–H and O–H groups in total. The zero-order valence-electron chi connectivity index (χ0n) is 15.9. The summed E-state index contributed by atoms with van der Waals surface area (Å²) in [5.74, 6) is 0.623. The monoisotopic (exact) mass is 364 g/mol. The molecule has 26 heavy (non-hydrogen) atoms. The zero-order valence-corrected chi connectivity index (χ0v) is 17.1. The van der Waals surface area contributed by atoms with Crippen molar-refractivity contribution in [3.05, 3.63) is 64.2 Å². The second kappa shape index (κ2) is 6.78. The van der Waals surface area contributed by atoms with Gasteiger partial charge in [0, 0.05) is 11.1 Å². The van der Waals surface area contributed by atoms with Gasteiger partial charge in [-0.25, -0.2) is 0 Å². The fraction of sp³-hybridized carbons (Fsp3) is 0.217. The number of benzene rings is 3. The van der Waals surface area contributed by atoms with Crippen LogP contribution in [0.4, 0.5) is 0 Å². The zero-order chi connectivity index (χ0) is 19.2. The van der Waals surface area contributed by atoms with Crippen molar-refractivity contribution in [3.63, 3.8) is 0 Å². The van der Waals surface area contributed by atoms with Crippen LogP contribution in [0.25, 0.3) is 22.3 Å². The summed E-state index contributed by atoms with van der Waals surface area (Å²) in [5, 5.41) is 22.4. The number of rotatable bonds is 2. The van der Waals surface area contributed by atoms with E-state index in [1.54, 1.807) is 0 Å². The summed E-state index contributed by atoms with van der Waals surface area (Å²) in [6.45, 7) is 10.1. The van der Waals surface area contributed by atoms with E-state index in [9.17, 15) is 10.2 Å². The van der Waals surface area contributed by atoms with Crippen LogP contribution in [0, 0.1) is 34.6 Å². The molecule has 0 amide bonds. The lowest BCUT2D eigenvalue weighted by molar-refractivity contribution is 0.473. The standard InChI is InChI=1S/C23H25O2P/c1-12-8-6-10-17(21(12)24)19-14(3)20(16(5)23(26)15(19)4)18-11-7-9-13(2)22(18)25/h6-11,24-25H,26H2,1-5H3. The van der Waals surface area contributed by atoms with Crippen LogP contribution in [-0.2, 0) is 0 Å².